The molecular weight excluding hydrogens is 936 g/mol. The molecule has 3 aromatic rings. The molecule has 5 N–H and O–H groups in total. The Morgan fingerprint density at radius 2 is 1.68 bits per heavy atom. The third-order valence-corrected chi connectivity index (χ3v) is 15.0. The van der Waals surface area contributed by atoms with Crippen molar-refractivity contribution in [1.29, 1.82) is 0 Å². The fourth-order valence-electron chi connectivity index (χ4n) is 10.7. The van der Waals surface area contributed by atoms with Crippen LogP contribution in [0.5, 0.6) is 0 Å². The van der Waals surface area contributed by atoms with Gasteiger partial charge in [0.1, 0.15) is 18.2 Å². The molecule has 0 spiro atoms. The van der Waals surface area contributed by atoms with Crippen molar-refractivity contribution in [2.24, 2.45) is 11.8 Å². The zero-order chi connectivity index (χ0) is 51.5. The molecule has 2 aliphatic carbocycles. The second-order valence-electron chi connectivity index (χ2n) is 20.0. The van der Waals surface area contributed by atoms with Crippen LogP contribution in [0.25, 0.3) is 10.9 Å². The molecule has 72 heavy (non-hydrogen) atoms. The number of pyridine rings is 1. The number of aromatic nitrogens is 3. The second-order valence-corrected chi connectivity index (χ2v) is 20.0. The van der Waals surface area contributed by atoms with E-state index in [0.717, 1.165) is 24.1 Å². The smallest absolute Gasteiger partial charge is 0.379 e. The second kappa shape index (κ2) is 24.6. The minimum atomic E-state index is -4.55. The maximum atomic E-state index is 14.1. The Labute approximate surface area is 418 Å². The van der Waals surface area contributed by atoms with Crippen molar-refractivity contribution in [3.8, 4) is 0 Å². The van der Waals surface area contributed by atoms with Crippen LogP contribution in [0.2, 0.25) is 0 Å². The Hall–Kier alpha value is -5.96. The van der Waals surface area contributed by atoms with Crippen molar-refractivity contribution in [3.63, 3.8) is 0 Å². The Bertz CT molecular complexity index is 2370. The number of alkyl halides is 3. The minimum Gasteiger partial charge on any atom is -0.379 e. The Morgan fingerprint density at radius 3 is 2.42 bits per heavy atom. The maximum Gasteiger partial charge on any atom is 0.416 e. The van der Waals surface area contributed by atoms with Gasteiger partial charge in [-0.3, -0.25) is 33.8 Å². The van der Waals surface area contributed by atoms with Crippen LogP contribution in [0.15, 0.2) is 49.1 Å². The predicted octanol–water partition coefficient (Wildman–Crippen LogP) is 4.51. The summed E-state index contributed by atoms with van der Waals surface area (Å²) in [6.07, 6.45) is 6.85. The van der Waals surface area contributed by atoms with Gasteiger partial charge in [-0.25, -0.2) is 9.97 Å². The molecule has 7 rings (SSSR count). The molecule has 2 aliphatic heterocycles. The van der Waals surface area contributed by atoms with Gasteiger partial charge in [0, 0.05) is 87.8 Å². The number of nitrogens with one attached hydrogen (secondary N) is 5. The average molecular weight is 1010 g/mol. The molecule has 2 aromatic heterocycles. The molecule has 4 fully saturated rings. The molecule has 1 aromatic carbocycles. The van der Waals surface area contributed by atoms with Gasteiger partial charge in [-0.15, -0.1) is 0 Å². The van der Waals surface area contributed by atoms with Gasteiger partial charge in [0.15, 0.2) is 0 Å². The van der Waals surface area contributed by atoms with Crippen LogP contribution in [-0.4, -0.2) is 148 Å². The Balaban J connectivity index is 0.783. The quantitative estimate of drug-likeness (QED) is 0.0932. The van der Waals surface area contributed by atoms with Crippen LogP contribution < -0.4 is 26.6 Å². The number of ether oxygens (including phenoxy) is 1. The molecule has 6 atom stereocenters. The lowest BCUT2D eigenvalue weighted by Crippen LogP contribution is -2.59. The summed E-state index contributed by atoms with van der Waals surface area (Å²) < 4.78 is 46.4. The number of amides is 6. The van der Waals surface area contributed by atoms with Gasteiger partial charge in [0.2, 0.25) is 35.4 Å². The average Bonchev–Trinajstić information content (AvgIpc) is 3.88. The van der Waals surface area contributed by atoms with Crippen molar-refractivity contribution in [3.05, 3.63) is 60.2 Å². The van der Waals surface area contributed by atoms with Gasteiger partial charge in [-0.05, 0) is 115 Å². The Kier molecular flexibility index (Phi) is 18.4. The number of carbonyl (C=O) groups is 6. The molecule has 18 nitrogen and oxygen atoms in total. The summed E-state index contributed by atoms with van der Waals surface area (Å²) in [5.41, 5.74) is 0.309. The minimum absolute atomic E-state index is 0.0656. The first-order valence-electron chi connectivity index (χ1n) is 25.5. The van der Waals surface area contributed by atoms with Crippen LogP contribution >= 0.6 is 0 Å². The highest BCUT2D eigenvalue weighted by molar-refractivity contribution is 5.93. The highest BCUT2D eigenvalue weighted by Crippen LogP contribution is 2.38. The number of carbonyl (C=O) groups excluding carboxylic acids is 6. The van der Waals surface area contributed by atoms with E-state index in [4.69, 9.17) is 4.74 Å². The molecule has 392 valence electrons. The van der Waals surface area contributed by atoms with Gasteiger partial charge in [0.05, 0.1) is 48.3 Å². The number of unbranched alkanes of at least 4 members (excludes halogenated alkanes) is 1. The van der Waals surface area contributed by atoms with Gasteiger partial charge >= 0.3 is 6.18 Å². The highest BCUT2D eigenvalue weighted by atomic mass is 19.4. The monoisotopic (exact) mass is 1010 g/mol. The van der Waals surface area contributed by atoms with E-state index in [9.17, 15) is 41.9 Å². The Morgan fingerprint density at radius 1 is 0.889 bits per heavy atom. The van der Waals surface area contributed by atoms with Crippen molar-refractivity contribution < 1.29 is 46.7 Å². The standard InChI is InChI=1S/C51H70F3N11O7/c1-31(2)63(3)36-15-17-42(65-23-18-40(50(65)71)61-47-37-26-34(51(52,53)54)12-16-39(37)58-30-59-47)41(27-36)62-48(69)32-10-13-35(14-11-32)60-44(67)19-24-72-25-22-56-43(66)9-5-6-21-57-49(70)38-28-45(68)64(4)46(38)33-8-7-20-55-29-33/h7-8,12,16,20,26,29-32,35-36,38,40-42,46H,5-6,9-11,13-15,17-19,21-25,27-28H2,1-4H3,(H,56,66)(H,57,70)(H,60,67)(H,62,69)(H,58,59,61)/t32-,35+,36-,38+,40+,41-,42+,46-/m1/s1. The molecule has 2 saturated heterocycles. The summed E-state index contributed by atoms with van der Waals surface area (Å²) in [6.45, 7) is 5.80. The largest absolute Gasteiger partial charge is 0.416 e. The van der Waals surface area contributed by atoms with E-state index < -0.39 is 23.7 Å². The van der Waals surface area contributed by atoms with Gasteiger partial charge in [0.25, 0.3) is 0 Å². The maximum absolute atomic E-state index is 14.1. The first-order chi connectivity index (χ1) is 34.5. The third kappa shape index (κ3) is 13.8. The normalized spacial score (nSPS) is 24.7. The first kappa shape index (κ1) is 53.8. The van der Waals surface area contributed by atoms with Crippen LogP contribution in [0, 0.1) is 11.8 Å². The van der Waals surface area contributed by atoms with Crippen molar-refractivity contribution >= 4 is 52.2 Å². The van der Waals surface area contributed by atoms with Crippen molar-refractivity contribution in [1.82, 2.24) is 50.9 Å². The van der Waals surface area contributed by atoms with E-state index >= 15 is 0 Å². The third-order valence-electron chi connectivity index (χ3n) is 15.0. The number of benzene rings is 1. The molecule has 0 unspecified atom stereocenters. The molecule has 4 heterocycles. The number of halogens is 3. The summed E-state index contributed by atoms with van der Waals surface area (Å²) >= 11 is 0. The zero-order valence-corrected chi connectivity index (χ0v) is 41.7. The molecule has 4 aliphatic rings. The summed E-state index contributed by atoms with van der Waals surface area (Å²) in [5, 5.41) is 15.5. The van der Waals surface area contributed by atoms with Gasteiger partial charge in [-0.2, -0.15) is 13.2 Å². The van der Waals surface area contributed by atoms with E-state index in [0.29, 0.717) is 82.9 Å². The molecule has 21 heteroatoms. The van der Waals surface area contributed by atoms with Gasteiger partial charge < -0.3 is 46.0 Å². The van der Waals surface area contributed by atoms with Crippen LogP contribution in [0.1, 0.15) is 114 Å². The number of anilines is 1. The van der Waals surface area contributed by atoms with Crippen LogP contribution in [0.4, 0.5) is 19.0 Å². The number of nitrogens with zero attached hydrogens (tertiary/aromatic N) is 6. The summed E-state index contributed by atoms with van der Waals surface area (Å²) in [6, 6.07) is 5.66. The zero-order valence-electron chi connectivity index (χ0n) is 41.7. The lowest BCUT2D eigenvalue weighted by Gasteiger charge is -2.45. The topological polar surface area (TPSA) is 220 Å². The van der Waals surface area contributed by atoms with Crippen LogP contribution in [0.3, 0.4) is 0 Å². The summed E-state index contributed by atoms with van der Waals surface area (Å²) in [4.78, 5) is 96.8. The van der Waals surface area contributed by atoms with E-state index in [-0.39, 0.29) is 121 Å². The molecule has 0 bridgehead atoms. The number of hydrogen-bond donors (Lipinski definition) is 5. The highest BCUT2D eigenvalue weighted by Gasteiger charge is 2.45. The summed E-state index contributed by atoms with van der Waals surface area (Å²) in [7, 11) is 3.77. The molecular formula is C51H70F3N11O7. The van der Waals surface area contributed by atoms with E-state index in [1.54, 1.807) is 30.4 Å². The number of likely N-dealkylation sites (tertiary alicyclic amines) is 2. The molecule has 6 amide bonds. The fourth-order valence-corrected chi connectivity index (χ4v) is 10.7. The lowest BCUT2D eigenvalue weighted by atomic mass is 9.82. The van der Waals surface area contributed by atoms with Gasteiger partial charge in [-0.1, -0.05) is 6.07 Å². The van der Waals surface area contributed by atoms with Crippen LogP contribution in [-0.2, 0) is 39.7 Å². The number of hydrogen-bond acceptors (Lipinski definition) is 12. The number of fused-ring (bicyclic) bond motifs is 1. The van der Waals surface area contributed by atoms with E-state index in [2.05, 4.69) is 67.3 Å². The van der Waals surface area contributed by atoms with Crippen molar-refractivity contribution in [2.75, 3.05) is 52.3 Å². The fraction of sp³-hybridized carbons (Fsp3) is 0.627. The molecule has 2 saturated carbocycles. The predicted molar refractivity (Wildman–Crippen MR) is 262 cm³/mol. The van der Waals surface area contributed by atoms with E-state index in [1.807, 2.05) is 11.0 Å². The number of rotatable bonds is 21. The van der Waals surface area contributed by atoms with E-state index in [1.165, 1.54) is 12.4 Å². The SMILES string of the molecule is CC(C)N(C)[C@@H]1CC[C@H](N2CC[C@H](Nc3ncnc4ccc(C(F)(F)F)cc34)C2=O)[C@H](NC(=O)[C@H]2CC[C@@H](NC(=O)CCOCCNC(=O)CCCCNC(=O)[C@H]3CC(=O)N(C)[C@@H]3c3cccnc3)CC2)C1. The lowest BCUT2D eigenvalue weighted by molar-refractivity contribution is -0.137. The summed E-state index contributed by atoms with van der Waals surface area (Å²) in [5.74, 6) is -1.42. The molecule has 0 radical (unpaired) electrons. The van der Waals surface area contributed by atoms with Crippen molar-refractivity contribution in [2.45, 2.75) is 146 Å². The first-order valence-corrected chi connectivity index (χ1v) is 25.5.